The van der Waals surface area contributed by atoms with E-state index in [0.29, 0.717) is 0 Å². The van der Waals surface area contributed by atoms with Crippen LogP contribution >= 0.6 is 47.8 Å². The van der Waals surface area contributed by atoms with E-state index < -0.39 is 0 Å². The van der Waals surface area contributed by atoms with Gasteiger partial charge in [0.1, 0.15) is 2.14 Å². The molecule has 0 N–H and O–H groups in total. The second-order valence-corrected chi connectivity index (χ2v) is 13.0. The molecule has 1 atom stereocenters. The number of halogens is 3. The van der Waals surface area contributed by atoms with Gasteiger partial charge in [-0.3, -0.25) is 0 Å². The van der Waals surface area contributed by atoms with E-state index in [2.05, 4.69) is 54.7 Å². The molecule has 1 saturated carbocycles. The highest BCUT2D eigenvalue weighted by molar-refractivity contribution is 9.39. The van der Waals surface area contributed by atoms with Crippen LogP contribution < -0.4 is 0 Å². The number of unbranched alkanes of at least 4 members (excludes halogenated alkanes) is 5. The molecule has 19 heavy (non-hydrogen) atoms. The number of hydrogen-bond acceptors (Lipinski definition) is 0. The van der Waals surface area contributed by atoms with E-state index in [9.17, 15) is 0 Å². The van der Waals surface area contributed by atoms with Crippen molar-refractivity contribution in [2.24, 2.45) is 11.8 Å². The molecule has 0 heterocycles. The van der Waals surface area contributed by atoms with Crippen molar-refractivity contribution in [1.82, 2.24) is 0 Å². The largest absolute Gasteiger partial charge is 0.138 e. The number of rotatable bonds is 8. The van der Waals surface area contributed by atoms with Gasteiger partial charge in [0.2, 0.25) is 0 Å². The van der Waals surface area contributed by atoms with Crippen LogP contribution in [0.2, 0.25) is 0 Å². The topological polar surface area (TPSA) is 0 Å². The molecule has 114 valence electrons. The first-order valence-corrected chi connectivity index (χ1v) is 10.5. The maximum absolute atomic E-state index is 3.81. The van der Waals surface area contributed by atoms with Crippen molar-refractivity contribution in [3.05, 3.63) is 0 Å². The summed E-state index contributed by atoms with van der Waals surface area (Å²) in [5.41, 5.74) is 0. The van der Waals surface area contributed by atoms with Gasteiger partial charge in [-0.2, -0.15) is 0 Å². The third kappa shape index (κ3) is 7.85. The van der Waals surface area contributed by atoms with Crippen molar-refractivity contribution in [1.29, 1.82) is 0 Å². The molecule has 0 saturated heterocycles. The minimum Gasteiger partial charge on any atom is -0.0654 e. The number of alkyl halides is 3. The van der Waals surface area contributed by atoms with Gasteiger partial charge in [-0.15, -0.1) is 0 Å². The molecule has 1 fully saturated rings. The summed E-state index contributed by atoms with van der Waals surface area (Å²) in [6.07, 6.45) is 16.9. The Morgan fingerprint density at radius 2 is 1.47 bits per heavy atom. The normalized spacial score (nSPS) is 19.6. The Labute approximate surface area is 145 Å². The first kappa shape index (κ1) is 18.5. The molecule has 0 aliphatic heterocycles. The van der Waals surface area contributed by atoms with E-state index in [1.807, 2.05) is 0 Å². The second-order valence-electron chi connectivity index (χ2n) is 6.10. The first-order valence-electron chi connectivity index (χ1n) is 8.12. The van der Waals surface area contributed by atoms with Crippen molar-refractivity contribution in [3.63, 3.8) is 0 Å². The van der Waals surface area contributed by atoms with Gasteiger partial charge in [0, 0.05) is 0 Å². The van der Waals surface area contributed by atoms with Gasteiger partial charge in [0.05, 0.1) is 0 Å². The number of hydrogen-bond donors (Lipinski definition) is 0. The van der Waals surface area contributed by atoms with E-state index in [-0.39, 0.29) is 2.14 Å². The summed E-state index contributed by atoms with van der Waals surface area (Å²) in [4.78, 5) is 0. The molecule has 1 aliphatic rings. The summed E-state index contributed by atoms with van der Waals surface area (Å²) in [6.45, 7) is 2.29. The molecule has 3 heteroatoms. The Morgan fingerprint density at radius 1 is 0.895 bits per heavy atom. The van der Waals surface area contributed by atoms with E-state index in [0.717, 1.165) is 11.8 Å². The Morgan fingerprint density at radius 3 is 2.05 bits per heavy atom. The first-order chi connectivity index (χ1) is 9.05. The Balaban J connectivity index is 2.29. The monoisotopic (exact) mass is 458 g/mol. The van der Waals surface area contributed by atoms with Gasteiger partial charge >= 0.3 is 0 Å². The minimum atomic E-state index is -0.0432. The van der Waals surface area contributed by atoms with Crippen molar-refractivity contribution >= 4 is 47.8 Å². The summed E-state index contributed by atoms with van der Waals surface area (Å²) >= 11 is 11.4. The maximum atomic E-state index is 3.81. The van der Waals surface area contributed by atoms with Crippen LogP contribution in [0.3, 0.4) is 0 Å². The minimum absolute atomic E-state index is 0.0432. The third-order valence-electron chi connectivity index (χ3n) is 4.51. The second kappa shape index (κ2) is 10.2. The zero-order valence-electron chi connectivity index (χ0n) is 12.3. The molecule has 0 aromatic carbocycles. The van der Waals surface area contributed by atoms with Crippen molar-refractivity contribution in [2.75, 3.05) is 0 Å². The molecule has 1 aliphatic carbocycles. The quantitative estimate of drug-likeness (QED) is 0.256. The summed E-state index contributed by atoms with van der Waals surface area (Å²) < 4.78 is -0.0432. The zero-order valence-corrected chi connectivity index (χ0v) is 17.0. The molecule has 1 rings (SSSR count). The molecular formula is C16H29Br3. The fourth-order valence-corrected chi connectivity index (χ4v) is 5.16. The molecule has 0 nitrogen and oxygen atoms in total. The van der Waals surface area contributed by atoms with Crippen LogP contribution in [-0.2, 0) is 0 Å². The van der Waals surface area contributed by atoms with Gasteiger partial charge in [0.15, 0.2) is 0 Å². The highest BCUT2D eigenvalue weighted by Crippen LogP contribution is 2.50. The summed E-state index contributed by atoms with van der Waals surface area (Å²) in [5.74, 6) is 1.61. The zero-order chi connectivity index (χ0) is 14.1. The lowest BCUT2D eigenvalue weighted by atomic mass is 9.78. The average Bonchev–Trinajstić information content (AvgIpc) is 2.37. The van der Waals surface area contributed by atoms with Crippen LogP contribution in [0.5, 0.6) is 0 Å². The van der Waals surface area contributed by atoms with Crippen LogP contribution in [-0.4, -0.2) is 2.14 Å². The fourth-order valence-electron chi connectivity index (χ4n) is 3.35. The van der Waals surface area contributed by atoms with Gasteiger partial charge < -0.3 is 0 Å². The van der Waals surface area contributed by atoms with Crippen molar-refractivity contribution < 1.29 is 0 Å². The lowest BCUT2D eigenvalue weighted by molar-refractivity contribution is 0.242. The van der Waals surface area contributed by atoms with Gasteiger partial charge in [0.25, 0.3) is 0 Å². The molecule has 1 unspecified atom stereocenters. The van der Waals surface area contributed by atoms with Crippen molar-refractivity contribution in [3.8, 4) is 0 Å². The molecular weight excluding hydrogens is 432 g/mol. The van der Waals surface area contributed by atoms with E-state index in [1.54, 1.807) is 0 Å². The van der Waals surface area contributed by atoms with Crippen molar-refractivity contribution in [2.45, 2.75) is 86.1 Å². The Kier molecular flexibility index (Phi) is 9.94. The molecule has 0 aromatic rings. The summed E-state index contributed by atoms with van der Waals surface area (Å²) in [7, 11) is 0. The summed E-state index contributed by atoms with van der Waals surface area (Å²) in [5, 5.41) is 0. The van der Waals surface area contributed by atoms with Crippen LogP contribution in [0.4, 0.5) is 0 Å². The van der Waals surface area contributed by atoms with E-state index in [4.69, 9.17) is 0 Å². The lowest BCUT2D eigenvalue weighted by Gasteiger charge is -2.35. The van der Waals surface area contributed by atoms with Gasteiger partial charge in [-0.25, -0.2) is 0 Å². The molecule has 0 amide bonds. The average molecular weight is 461 g/mol. The standard InChI is InChI=1S/C16H29Br3/c1-2-3-4-5-6-10-13-15(16(17,18)19)14-11-8-7-9-12-14/h14-15H,2-13H2,1H3. The maximum Gasteiger partial charge on any atom is 0.138 e. The van der Waals surface area contributed by atoms with E-state index in [1.165, 1.54) is 77.0 Å². The third-order valence-corrected chi connectivity index (χ3v) is 6.27. The predicted molar refractivity (Wildman–Crippen MR) is 97.6 cm³/mol. The lowest BCUT2D eigenvalue weighted by Crippen LogP contribution is -2.28. The highest BCUT2D eigenvalue weighted by Gasteiger charge is 2.36. The SMILES string of the molecule is CCCCCCCCC(C1CCCCC1)C(Br)(Br)Br. The smallest absolute Gasteiger partial charge is 0.0654 e. The Hall–Kier alpha value is 1.44. The van der Waals surface area contributed by atoms with Gasteiger partial charge in [-0.05, 0) is 18.3 Å². The molecule has 0 bridgehead atoms. The Bertz CT molecular complexity index is 217. The predicted octanol–water partition coefficient (Wildman–Crippen LogP) is 7.77. The van der Waals surface area contributed by atoms with Crippen LogP contribution in [0.1, 0.15) is 84.0 Å². The molecule has 0 aromatic heterocycles. The van der Waals surface area contributed by atoms with E-state index >= 15 is 0 Å². The van der Waals surface area contributed by atoms with Crippen LogP contribution in [0, 0.1) is 11.8 Å². The highest BCUT2D eigenvalue weighted by atomic mass is 80.0. The van der Waals surface area contributed by atoms with Crippen LogP contribution in [0.25, 0.3) is 0 Å². The summed E-state index contributed by atoms with van der Waals surface area (Å²) in [6, 6.07) is 0. The van der Waals surface area contributed by atoms with Gasteiger partial charge in [-0.1, -0.05) is 125 Å². The molecule has 0 radical (unpaired) electrons. The fraction of sp³-hybridized carbons (Fsp3) is 1.00. The molecule has 0 spiro atoms. The van der Waals surface area contributed by atoms with Crippen LogP contribution in [0.15, 0.2) is 0 Å².